The zero-order valence-electron chi connectivity index (χ0n) is 26.5. The maximum atomic E-state index is 14.3. The zero-order chi connectivity index (χ0) is 33.3. The van der Waals surface area contributed by atoms with Gasteiger partial charge in [-0.15, -0.1) is 0 Å². The van der Waals surface area contributed by atoms with Gasteiger partial charge in [-0.2, -0.15) is 0 Å². The minimum atomic E-state index is -4.45. The van der Waals surface area contributed by atoms with Crippen LogP contribution in [0.2, 0.25) is 5.02 Å². The molecule has 0 unspecified atom stereocenters. The molecule has 45 heavy (non-hydrogen) atoms. The number of rotatable bonds is 15. The molecule has 2 amide bonds. The summed E-state index contributed by atoms with van der Waals surface area (Å²) in [6.07, 6.45) is 0.691. The number of hydrogen-bond acceptors (Lipinski definition) is 8. The zero-order valence-corrected chi connectivity index (χ0v) is 28.1. The molecule has 2 atom stereocenters. The highest BCUT2D eigenvalue weighted by Gasteiger charge is 2.34. The van der Waals surface area contributed by atoms with Crippen molar-refractivity contribution in [3.63, 3.8) is 0 Å². The number of nitrogens with zero attached hydrogens (tertiary/aromatic N) is 2. The smallest absolute Gasteiger partial charge is 0.265 e. The Morgan fingerprint density at radius 3 is 2.04 bits per heavy atom. The van der Waals surface area contributed by atoms with Gasteiger partial charge in [0.1, 0.15) is 24.1 Å². The predicted molar refractivity (Wildman–Crippen MR) is 173 cm³/mol. The van der Waals surface area contributed by atoms with Crippen LogP contribution in [0.4, 0.5) is 5.69 Å². The average molecular weight is 662 g/mol. The van der Waals surface area contributed by atoms with Gasteiger partial charge in [0, 0.05) is 23.7 Å². The van der Waals surface area contributed by atoms with Crippen LogP contribution in [0.1, 0.15) is 32.8 Å². The second-order valence-corrected chi connectivity index (χ2v) is 12.5. The third-order valence-electron chi connectivity index (χ3n) is 7.31. The molecule has 1 N–H and O–H groups in total. The Kier molecular flexibility index (Phi) is 12.3. The SMILES string of the molecule is CC[C@@H](C)NC(=O)[C@@H](C)N(Cc1ccc(OC)cc1)C(=O)CN(c1cc(Cl)ccc1OC)S(=O)(=O)c1ccc(OC)c(OC)c1. The highest BCUT2D eigenvalue weighted by molar-refractivity contribution is 7.92. The number of halogens is 1. The Bertz CT molecular complexity index is 1580. The maximum absolute atomic E-state index is 14.3. The lowest BCUT2D eigenvalue weighted by Crippen LogP contribution is -2.52. The monoisotopic (exact) mass is 661 g/mol. The number of sulfonamides is 1. The van der Waals surface area contributed by atoms with Crippen molar-refractivity contribution < 1.29 is 37.0 Å². The molecule has 0 aliphatic heterocycles. The molecule has 0 fully saturated rings. The molecular formula is C32H40ClN3O8S. The van der Waals surface area contributed by atoms with Gasteiger partial charge in [-0.05, 0) is 68.3 Å². The largest absolute Gasteiger partial charge is 0.497 e. The number of methoxy groups -OCH3 is 4. The first-order valence-electron chi connectivity index (χ1n) is 14.2. The van der Waals surface area contributed by atoms with Gasteiger partial charge in [-0.1, -0.05) is 30.7 Å². The van der Waals surface area contributed by atoms with Gasteiger partial charge >= 0.3 is 0 Å². The van der Waals surface area contributed by atoms with E-state index in [2.05, 4.69) is 5.32 Å². The Labute approximate surface area is 270 Å². The maximum Gasteiger partial charge on any atom is 0.265 e. The molecule has 13 heteroatoms. The van der Waals surface area contributed by atoms with Crippen LogP contribution in [0.5, 0.6) is 23.0 Å². The minimum Gasteiger partial charge on any atom is -0.497 e. The number of anilines is 1. The first-order valence-corrected chi connectivity index (χ1v) is 16.0. The summed E-state index contributed by atoms with van der Waals surface area (Å²) in [6.45, 7) is 4.75. The number of carbonyl (C=O) groups excluding carboxylic acids is 2. The predicted octanol–water partition coefficient (Wildman–Crippen LogP) is 4.90. The summed E-state index contributed by atoms with van der Waals surface area (Å²) >= 11 is 6.31. The van der Waals surface area contributed by atoms with E-state index in [0.717, 1.165) is 4.31 Å². The standard InChI is InChI=1S/C32H40ClN3O8S/c1-8-21(2)34-32(38)22(3)35(19-23-9-12-25(41-4)13-10-23)31(37)20-36(27-17-24(33)11-15-28(27)42-5)45(39,40)26-14-16-29(43-6)30(18-26)44-7/h9-18,21-22H,8,19-20H2,1-7H3,(H,34,38)/t21-,22-/m1/s1. The Morgan fingerprint density at radius 1 is 0.844 bits per heavy atom. The van der Waals surface area contributed by atoms with Gasteiger partial charge in [0.25, 0.3) is 10.0 Å². The molecule has 0 spiro atoms. The second-order valence-electron chi connectivity index (χ2n) is 10.2. The summed E-state index contributed by atoms with van der Waals surface area (Å²) in [5.41, 5.74) is 0.746. The van der Waals surface area contributed by atoms with Gasteiger partial charge in [-0.25, -0.2) is 8.42 Å². The lowest BCUT2D eigenvalue weighted by molar-refractivity contribution is -0.139. The first kappa shape index (κ1) is 35.3. The van der Waals surface area contributed by atoms with Crippen LogP contribution in [-0.2, 0) is 26.2 Å². The molecule has 3 aromatic carbocycles. The fourth-order valence-corrected chi connectivity index (χ4v) is 6.05. The van der Waals surface area contributed by atoms with Gasteiger partial charge in [0.15, 0.2) is 11.5 Å². The van der Waals surface area contributed by atoms with Crippen molar-refractivity contribution in [1.29, 1.82) is 0 Å². The van der Waals surface area contributed by atoms with Gasteiger partial charge in [0.2, 0.25) is 11.8 Å². The van der Waals surface area contributed by atoms with Crippen LogP contribution < -0.4 is 28.6 Å². The van der Waals surface area contributed by atoms with E-state index in [4.69, 9.17) is 30.5 Å². The summed E-state index contributed by atoms with van der Waals surface area (Å²) in [5.74, 6) is 0.287. The fourth-order valence-electron chi connectivity index (χ4n) is 4.45. The van der Waals surface area contributed by atoms with Crippen molar-refractivity contribution in [2.45, 2.75) is 50.7 Å². The molecule has 0 aliphatic carbocycles. The normalized spacial score (nSPS) is 12.4. The van der Waals surface area contributed by atoms with Crippen LogP contribution >= 0.6 is 11.6 Å². The molecule has 244 valence electrons. The van der Waals surface area contributed by atoms with Crippen LogP contribution in [0.3, 0.4) is 0 Å². The second kappa shape index (κ2) is 15.7. The number of amides is 2. The summed E-state index contributed by atoms with van der Waals surface area (Å²) < 4.78 is 50.9. The van der Waals surface area contributed by atoms with Crippen LogP contribution in [0.15, 0.2) is 65.6 Å². The number of benzene rings is 3. The highest BCUT2D eigenvalue weighted by atomic mass is 35.5. The Hall–Kier alpha value is -4.16. The molecule has 0 radical (unpaired) electrons. The van der Waals surface area contributed by atoms with Crippen molar-refractivity contribution >= 4 is 39.1 Å². The molecule has 0 aliphatic rings. The highest BCUT2D eigenvalue weighted by Crippen LogP contribution is 2.37. The van der Waals surface area contributed by atoms with Crippen molar-refractivity contribution in [2.24, 2.45) is 0 Å². The van der Waals surface area contributed by atoms with Gasteiger partial charge in [-0.3, -0.25) is 13.9 Å². The Balaban J connectivity index is 2.14. The molecule has 0 aromatic heterocycles. The number of carbonyl (C=O) groups is 2. The molecule has 11 nitrogen and oxygen atoms in total. The molecule has 3 aromatic rings. The third-order valence-corrected chi connectivity index (χ3v) is 9.30. The molecule has 0 saturated carbocycles. The van der Waals surface area contributed by atoms with Crippen molar-refractivity contribution in [1.82, 2.24) is 10.2 Å². The van der Waals surface area contributed by atoms with E-state index in [1.165, 1.54) is 56.6 Å². The van der Waals surface area contributed by atoms with Crippen molar-refractivity contribution in [2.75, 3.05) is 39.3 Å². The van der Waals surface area contributed by atoms with E-state index in [0.29, 0.717) is 23.5 Å². The average Bonchev–Trinajstić information content (AvgIpc) is 3.05. The van der Waals surface area contributed by atoms with Crippen LogP contribution in [-0.4, -0.2) is 72.2 Å². The lowest BCUT2D eigenvalue weighted by atomic mass is 10.1. The topological polar surface area (TPSA) is 124 Å². The summed E-state index contributed by atoms with van der Waals surface area (Å²) in [6, 6.07) is 14.5. The van der Waals surface area contributed by atoms with E-state index in [1.807, 2.05) is 13.8 Å². The van der Waals surface area contributed by atoms with Crippen LogP contribution in [0, 0.1) is 0 Å². The van der Waals surface area contributed by atoms with Gasteiger partial charge in [0.05, 0.1) is 39.0 Å². The quantitative estimate of drug-likeness (QED) is 0.244. The molecule has 3 rings (SSSR count). The summed E-state index contributed by atoms with van der Waals surface area (Å²) in [5, 5.41) is 3.14. The van der Waals surface area contributed by atoms with E-state index >= 15 is 0 Å². The van der Waals surface area contributed by atoms with E-state index in [1.54, 1.807) is 44.4 Å². The minimum absolute atomic E-state index is 0.0227. The van der Waals surface area contributed by atoms with Crippen molar-refractivity contribution in [3.8, 4) is 23.0 Å². The van der Waals surface area contributed by atoms with E-state index < -0.39 is 28.5 Å². The molecule has 0 saturated heterocycles. The first-order chi connectivity index (χ1) is 21.4. The third kappa shape index (κ3) is 8.52. The summed E-state index contributed by atoms with van der Waals surface area (Å²) in [7, 11) is 1.30. The number of ether oxygens (including phenoxy) is 4. The number of nitrogens with one attached hydrogen (secondary N) is 1. The van der Waals surface area contributed by atoms with E-state index in [9.17, 15) is 18.0 Å². The van der Waals surface area contributed by atoms with E-state index in [-0.39, 0.29) is 45.6 Å². The molecule has 0 heterocycles. The fraction of sp³-hybridized carbons (Fsp3) is 0.375. The summed E-state index contributed by atoms with van der Waals surface area (Å²) in [4.78, 5) is 28.7. The van der Waals surface area contributed by atoms with Crippen LogP contribution in [0.25, 0.3) is 0 Å². The lowest BCUT2D eigenvalue weighted by Gasteiger charge is -2.33. The molecular weight excluding hydrogens is 622 g/mol. The number of hydrogen-bond donors (Lipinski definition) is 1. The van der Waals surface area contributed by atoms with Gasteiger partial charge < -0.3 is 29.2 Å². The van der Waals surface area contributed by atoms with Crippen molar-refractivity contribution in [3.05, 3.63) is 71.2 Å². The Morgan fingerprint density at radius 2 is 1.47 bits per heavy atom. The molecule has 0 bridgehead atoms.